The second kappa shape index (κ2) is 4.44. The topological polar surface area (TPSA) is 75.4 Å². The zero-order chi connectivity index (χ0) is 13.5. The molecule has 2 atom stereocenters. The largest absolute Gasteiger partial charge is 0.397 e. The molecule has 3 N–H and O–H groups in total. The maximum Gasteiger partial charge on any atom is 0.242 e. The predicted octanol–water partition coefficient (Wildman–Crippen LogP) is 1.34. The first-order valence-corrected chi connectivity index (χ1v) is 7.35. The smallest absolute Gasteiger partial charge is 0.242 e. The van der Waals surface area contributed by atoms with Crippen LogP contribution >= 0.6 is 0 Å². The van der Waals surface area contributed by atoms with E-state index in [1.165, 1.54) is 24.5 Å². The highest BCUT2D eigenvalue weighted by molar-refractivity contribution is 7.89. The molecule has 0 aromatic heterocycles. The zero-order valence-corrected chi connectivity index (χ0v) is 11.7. The minimum absolute atomic E-state index is 0.262. The lowest BCUT2D eigenvalue weighted by Crippen LogP contribution is -2.22. The van der Waals surface area contributed by atoms with Crippen LogP contribution in [0.5, 0.6) is 0 Å². The number of anilines is 2. The Balaban J connectivity index is 2.32. The standard InChI is InChI=1S/C12H19N3O2S/c1-8-6-11(8)14-12-7-9(4-5-10(12)13)18(16,17)15(2)3/h4-5,7-8,11,14H,6,13H2,1-3H3. The molecule has 1 aromatic rings. The summed E-state index contributed by atoms with van der Waals surface area (Å²) < 4.78 is 25.2. The Morgan fingerprint density at radius 3 is 2.50 bits per heavy atom. The van der Waals surface area contributed by atoms with E-state index in [1.807, 2.05) is 0 Å². The third-order valence-corrected chi connectivity index (χ3v) is 5.06. The number of benzene rings is 1. The van der Waals surface area contributed by atoms with Crippen molar-refractivity contribution in [2.45, 2.75) is 24.3 Å². The lowest BCUT2D eigenvalue weighted by Gasteiger charge is -2.14. The molecule has 1 fully saturated rings. The molecule has 0 spiro atoms. The Kier molecular flexibility index (Phi) is 3.25. The summed E-state index contributed by atoms with van der Waals surface area (Å²) in [6.45, 7) is 2.15. The molecule has 0 saturated heterocycles. The summed E-state index contributed by atoms with van der Waals surface area (Å²) in [5.41, 5.74) is 7.14. The molecule has 0 heterocycles. The quantitative estimate of drug-likeness (QED) is 0.809. The average molecular weight is 269 g/mol. The van der Waals surface area contributed by atoms with Gasteiger partial charge in [-0.05, 0) is 30.5 Å². The van der Waals surface area contributed by atoms with Crippen LogP contribution in [0, 0.1) is 5.92 Å². The first-order valence-electron chi connectivity index (χ1n) is 5.91. The number of rotatable bonds is 4. The number of sulfonamides is 1. The highest BCUT2D eigenvalue weighted by Crippen LogP contribution is 2.35. The van der Waals surface area contributed by atoms with Gasteiger partial charge in [0.25, 0.3) is 0 Å². The van der Waals surface area contributed by atoms with Gasteiger partial charge in [-0.15, -0.1) is 0 Å². The van der Waals surface area contributed by atoms with Gasteiger partial charge in [-0.25, -0.2) is 12.7 Å². The molecule has 0 bridgehead atoms. The molecule has 6 heteroatoms. The Bertz CT molecular complexity index is 554. The van der Waals surface area contributed by atoms with E-state index in [2.05, 4.69) is 12.2 Å². The van der Waals surface area contributed by atoms with E-state index in [-0.39, 0.29) is 4.90 Å². The summed E-state index contributed by atoms with van der Waals surface area (Å²) in [6, 6.07) is 5.18. The van der Waals surface area contributed by atoms with E-state index >= 15 is 0 Å². The van der Waals surface area contributed by atoms with Crippen molar-refractivity contribution in [3.8, 4) is 0 Å². The molecule has 100 valence electrons. The third kappa shape index (κ3) is 2.44. The monoisotopic (exact) mass is 269 g/mol. The number of nitrogens with two attached hydrogens (primary N) is 1. The fraction of sp³-hybridized carbons (Fsp3) is 0.500. The van der Waals surface area contributed by atoms with Gasteiger partial charge in [0.1, 0.15) is 0 Å². The number of nitrogen functional groups attached to an aromatic ring is 1. The molecule has 0 aliphatic heterocycles. The Labute approximate surface area is 108 Å². The van der Waals surface area contributed by atoms with Gasteiger partial charge in [-0.3, -0.25) is 0 Å². The minimum Gasteiger partial charge on any atom is -0.397 e. The van der Waals surface area contributed by atoms with Crippen molar-refractivity contribution in [2.75, 3.05) is 25.1 Å². The Morgan fingerprint density at radius 1 is 1.39 bits per heavy atom. The van der Waals surface area contributed by atoms with E-state index in [0.29, 0.717) is 23.3 Å². The molecular weight excluding hydrogens is 250 g/mol. The maximum atomic E-state index is 12.0. The van der Waals surface area contributed by atoms with Crippen molar-refractivity contribution >= 4 is 21.4 Å². The van der Waals surface area contributed by atoms with Gasteiger partial charge in [0, 0.05) is 20.1 Å². The molecule has 1 aliphatic rings. The van der Waals surface area contributed by atoms with Gasteiger partial charge in [-0.1, -0.05) is 6.92 Å². The fourth-order valence-corrected chi connectivity index (χ4v) is 2.68. The molecule has 2 rings (SSSR count). The van der Waals surface area contributed by atoms with Crippen LogP contribution in [-0.2, 0) is 10.0 Å². The van der Waals surface area contributed by atoms with Crippen molar-refractivity contribution in [3.63, 3.8) is 0 Å². The Morgan fingerprint density at radius 2 is 2.00 bits per heavy atom. The van der Waals surface area contributed by atoms with Crippen LogP contribution in [0.1, 0.15) is 13.3 Å². The van der Waals surface area contributed by atoms with Gasteiger partial charge < -0.3 is 11.1 Å². The highest BCUT2D eigenvalue weighted by Gasteiger charge is 2.33. The van der Waals surface area contributed by atoms with Crippen LogP contribution in [0.3, 0.4) is 0 Å². The first kappa shape index (κ1) is 13.2. The summed E-state index contributed by atoms with van der Waals surface area (Å²) in [5, 5.41) is 3.28. The molecule has 1 aliphatic carbocycles. The van der Waals surface area contributed by atoms with Crippen LogP contribution in [0.2, 0.25) is 0 Å². The number of nitrogens with one attached hydrogen (secondary N) is 1. The molecule has 1 aromatic carbocycles. The van der Waals surface area contributed by atoms with Crippen LogP contribution in [0.25, 0.3) is 0 Å². The molecule has 0 radical (unpaired) electrons. The van der Waals surface area contributed by atoms with Crippen molar-refractivity contribution in [3.05, 3.63) is 18.2 Å². The predicted molar refractivity (Wildman–Crippen MR) is 72.9 cm³/mol. The second-order valence-electron chi connectivity index (χ2n) is 5.00. The van der Waals surface area contributed by atoms with E-state index < -0.39 is 10.0 Å². The molecule has 2 unspecified atom stereocenters. The van der Waals surface area contributed by atoms with Crippen molar-refractivity contribution < 1.29 is 8.42 Å². The molecule has 18 heavy (non-hydrogen) atoms. The summed E-state index contributed by atoms with van der Waals surface area (Å²) in [4.78, 5) is 0.262. The molecular formula is C12H19N3O2S. The van der Waals surface area contributed by atoms with Gasteiger partial charge in [-0.2, -0.15) is 0 Å². The summed E-state index contributed by atoms with van der Waals surface area (Å²) in [6.07, 6.45) is 1.10. The molecule has 5 nitrogen and oxygen atoms in total. The van der Waals surface area contributed by atoms with E-state index in [9.17, 15) is 8.42 Å². The van der Waals surface area contributed by atoms with E-state index in [1.54, 1.807) is 12.1 Å². The van der Waals surface area contributed by atoms with Gasteiger partial charge in [0.15, 0.2) is 0 Å². The summed E-state index contributed by atoms with van der Waals surface area (Å²) in [7, 11) is -0.376. The van der Waals surface area contributed by atoms with Gasteiger partial charge in [0.05, 0.1) is 16.3 Å². The van der Waals surface area contributed by atoms with Crippen LogP contribution in [0.15, 0.2) is 23.1 Å². The maximum absolute atomic E-state index is 12.0. The Hall–Kier alpha value is -1.27. The lowest BCUT2D eigenvalue weighted by molar-refractivity contribution is 0.521. The second-order valence-corrected chi connectivity index (χ2v) is 7.15. The first-order chi connectivity index (χ1) is 8.32. The van der Waals surface area contributed by atoms with Crippen LogP contribution < -0.4 is 11.1 Å². The van der Waals surface area contributed by atoms with Crippen molar-refractivity contribution in [1.29, 1.82) is 0 Å². The average Bonchev–Trinajstić information content (AvgIpc) is 2.97. The molecule has 1 saturated carbocycles. The SMILES string of the molecule is CC1CC1Nc1cc(S(=O)(=O)N(C)C)ccc1N. The summed E-state index contributed by atoms with van der Waals surface area (Å²) in [5.74, 6) is 0.624. The minimum atomic E-state index is -3.41. The van der Waals surface area contributed by atoms with Gasteiger partial charge >= 0.3 is 0 Å². The number of hydrogen-bond acceptors (Lipinski definition) is 4. The zero-order valence-electron chi connectivity index (χ0n) is 10.8. The van der Waals surface area contributed by atoms with E-state index in [4.69, 9.17) is 5.73 Å². The summed E-state index contributed by atoms with van der Waals surface area (Å²) >= 11 is 0. The third-order valence-electron chi connectivity index (χ3n) is 3.25. The van der Waals surface area contributed by atoms with Crippen LogP contribution in [0.4, 0.5) is 11.4 Å². The van der Waals surface area contributed by atoms with Crippen LogP contribution in [-0.4, -0.2) is 32.9 Å². The van der Waals surface area contributed by atoms with Crippen molar-refractivity contribution in [2.24, 2.45) is 5.92 Å². The number of nitrogens with zero attached hydrogens (tertiary/aromatic N) is 1. The van der Waals surface area contributed by atoms with Crippen molar-refractivity contribution in [1.82, 2.24) is 4.31 Å². The normalized spacial score (nSPS) is 23.1. The number of hydrogen-bond donors (Lipinski definition) is 2. The van der Waals surface area contributed by atoms with E-state index in [0.717, 1.165) is 6.42 Å². The lowest BCUT2D eigenvalue weighted by atomic mass is 10.2. The van der Waals surface area contributed by atoms with Gasteiger partial charge in [0.2, 0.25) is 10.0 Å². The molecule has 0 amide bonds. The fourth-order valence-electron chi connectivity index (χ4n) is 1.75. The highest BCUT2D eigenvalue weighted by atomic mass is 32.2.